The Morgan fingerprint density at radius 2 is 1.89 bits per heavy atom. The lowest BCUT2D eigenvalue weighted by atomic mass is 10.1. The number of H-pyrrole nitrogens is 2. The molecule has 4 heteroatoms. The van der Waals surface area contributed by atoms with Gasteiger partial charge in [0.15, 0.2) is 0 Å². The molecule has 0 saturated heterocycles. The van der Waals surface area contributed by atoms with E-state index in [4.69, 9.17) is 0 Å². The zero-order valence-corrected chi connectivity index (χ0v) is 9.94. The molecule has 4 aromatic rings. The van der Waals surface area contributed by atoms with Gasteiger partial charge >= 0.3 is 0 Å². The van der Waals surface area contributed by atoms with Crippen LogP contribution in [0.4, 0.5) is 4.39 Å². The molecule has 19 heavy (non-hydrogen) atoms. The Kier molecular flexibility index (Phi) is 2.00. The topological polar surface area (TPSA) is 44.5 Å². The number of imidazole rings is 1. The second-order valence-electron chi connectivity index (χ2n) is 4.46. The molecule has 0 saturated carbocycles. The summed E-state index contributed by atoms with van der Waals surface area (Å²) in [6.45, 7) is 0. The lowest BCUT2D eigenvalue weighted by Gasteiger charge is -2.00. The minimum Gasteiger partial charge on any atom is -0.360 e. The summed E-state index contributed by atoms with van der Waals surface area (Å²) in [6.07, 6.45) is 1.74. The number of hydrogen-bond acceptors (Lipinski definition) is 1. The van der Waals surface area contributed by atoms with E-state index in [1.54, 1.807) is 18.3 Å². The molecular weight excluding hydrogens is 241 g/mol. The maximum atomic E-state index is 13.7. The first-order valence-electron chi connectivity index (χ1n) is 6.03. The van der Waals surface area contributed by atoms with E-state index in [1.165, 1.54) is 6.07 Å². The van der Waals surface area contributed by atoms with Gasteiger partial charge in [0.05, 0.1) is 16.6 Å². The number of fused-ring (bicyclic) bond motifs is 2. The Morgan fingerprint density at radius 3 is 2.79 bits per heavy atom. The monoisotopic (exact) mass is 251 g/mol. The molecule has 2 aromatic heterocycles. The van der Waals surface area contributed by atoms with Gasteiger partial charge in [0.2, 0.25) is 0 Å². The van der Waals surface area contributed by atoms with Gasteiger partial charge in [-0.1, -0.05) is 12.1 Å². The molecule has 0 spiro atoms. The van der Waals surface area contributed by atoms with Crippen LogP contribution in [0, 0.1) is 5.82 Å². The van der Waals surface area contributed by atoms with Crippen LogP contribution in [0.5, 0.6) is 0 Å². The number of para-hydroxylation sites is 2. The lowest BCUT2D eigenvalue weighted by molar-refractivity contribution is 0.640. The number of halogens is 1. The van der Waals surface area contributed by atoms with Gasteiger partial charge in [0.25, 0.3) is 0 Å². The quantitative estimate of drug-likeness (QED) is 0.530. The van der Waals surface area contributed by atoms with Crippen LogP contribution in [0.25, 0.3) is 33.3 Å². The van der Waals surface area contributed by atoms with Crippen molar-refractivity contribution in [1.82, 2.24) is 15.0 Å². The summed E-state index contributed by atoms with van der Waals surface area (Å²) in [5.74, 6) is 0.518. The molecule has 0 aliphatic carbocycles. The van der Waals surface area contributed by atoms with E-state index >= 15 is 0 Å². The van der Waals surface area contributed by atoms with Crippen molar-refractivity contribution in [1.29, 1.82) is 0 Å². The summed E-state index contributed by atoms with van der Waals surface area (Å²) in [7, 11) is 0. The summed E-state index contributed by atoms with van der Waals surface area (Å²) in [5.41, 5.74) is 3.51. The van der Waals surface area contributed by atoms with Crippen molar-refractivity contribution < 1.29 is 4.39 Å². The Bertz CT molecular complexity index is 856. The number of nitrogens with zero attached hydrogens (tertiary/aromatic N) is 1. The van der Waals surface area contributed by atoms with E-state index in [1.807, 2.05) is 24.3 Å². The van der Waals surface area contributed by atoms with Gasteiger partial charge in [0, 0.05) is 17.1 Å². The van der Waals surface area contributed by atoms with Gasteiger partial charge in [-0.15, -0.1) is 0 Å². The third-order valence-corrected chi connectivity index (χ3v) is 3.31. The normalized spacial score (nSPS) is 11.4. The molecule has 2 heterocycles. The number of aromatic nitrogens is 3. The molecule has 2 N–H and O–H groups in total. The first-order chi connectivity index (χ1) is 9.33. The molecule has 0 aliphatic heterocycles. The zero-order valence-electron chi connectivity index (χ0n) is 9.94. The summed E-state index contributed by atoms with van der Waals surface area (Å²) in [4.78, 5) is 10.9. The lowest BCUT2D eigenvalue weighted by Crippen LogP contribution is -1.85. The van der Waals surface area contributed by atoms with Gasteiger partial charge < -0.3 is 9.97 Å². The van der Waals surface area contributed by atoms with E-state index in [0.717, 1.165) is 27.9 Å². The van der Waals surface area contributed by atoms with Gasteiger partial charge in [0.1, 0.15) is 11.6 Å². The Labute approximate surface area is 108 Å². The zero-order chi connectivity index (χ0) is 12.8. The highest BCUT2D eigenvalue weighted by Gasteiger charge is 2.11. The highest BCUT2D eigenvalue weighted by atomic mass is 19.1. The number of rotatable bonds is 1. The van der Waals surface area contributed by atoms with E-state index in [-0.39, 0.29) is 5.82 Å². The molecule has 0 amide bonds. The van der Waals surface area contributed by atoms with Crippen molar-refractivity contribution in [3.05, 3.63) is 54.5 Å². The molecule has 2 aromatic carbocycles. The molecule has 3 nitrogen and oxygen atoms in total. The van der Waals surface area contributed by atoms with Gasteiger partial charge in [-0.3, -0.25) is 0 Å². The summed E-state index contributed by atoms with van der Waals surface area (Å²) in [5, 5.41) is 0.581. The summed E-state index contributed by atoms with van der Waals surface area (Å²) >= 11 is 0. The Balaban J connectivity index is 2.03. The van der Waals surface area contributed by atoms with Crippen LogP contribution in [0.1, 0.15) is 0 Å². The first kappa shape index (κ1) is 10.3. The molecule has 0 radical (unpaired) electrons. The fraction of sp³-hybridized carbons (Fsp3) is 0. The average Bonchev–Trinajstić information content (AvgIpc) is 3.05. The van der Waals surface area contributed by atoms with E-state index in [0.29, 0.717) is 5.39 Å². The molecule has 0 fully saturated rings. The number of nitrogens with one attached hydrogen (secondary N) is 2. The number of benzene rings is 2. The fourth-order valence-corrected chi connectivity index (χ4v) is 2.40. The minimum atomic E-state index is -0.226. The summed E-state index contributed by atoms with van der Waals surface area (Å²) < 4.78 is 13.7. The van der Waals surface area contributed by atoms with E-state index < -0.39 is 0 Å². The van der Waals surface area contributed by atoms with Crippen molar-refractivity contribution in [2.24, 2.45) is 0 Å². The third-order valence-electron chi connectivity index (χ3n) is 3.31. The molecule has 0 atom stereocenters. The third kappa shape index (κ3) is 1.46. The second kappa shape index (κ2) is 3.68. The largest absolute Gasteiger partial charge is 0.360 e. The van der Waals surface area contributed by atoms with Crippen LogP contribution in [-0.2, 0) is 0 Å². The van der Waals surface area contributed by atoms with Crippen LogP contribution in [0.3, 0.4) is 0 Å². The molecular formula is C15H10FN3. The van der Waals surface area contributed by atoms with Crippen LogP contribution in [0.2, 0.25) is 0 Å². The van der Waals surface area contributed by atoms with Crippen LogP contribution >= 0.6 is 0 Å². The summed E-state index contributed by atoms with van der Waals surface area (Å²) in [6, 6.07) is 12.8. The van der Waals surface area contributed by atoms with Crippen molar-refractivity contribution in [3.8, 4) is 11.4 Å². The van der Waals surface area contributed by atoms with E-state index in [9.17, 15) is 4.39 Å². The standard InChI is InChI=1S/C15H10FN3/c16-11-6-5-10(14-9(11)7-8-17-14)15-18-12-3-1-2-4-13(12)19-15/h1-8,17H,(H,18,19). The predicted octanol–water partition coefficient (Wildman–Crippen LogP) is 3.85. The van der Waals surface area contributed by atoms with Crippen molar-refractivity contribution in [3.63, 3.8) is 0 Å². The van der Waals surface area contributed by atoms with E-state index in [2.05, 4.69) is 15.0 Å². The van der Waals surface area contributed by atoms with Crippen LogP contribution in [0.15, 0.2) is 48.7 Å². The van der Waals surface area contributed by atoms with Gasteiger partial charge in [-0.05, 0) is 30.3 Å². The smallest absolute Gasteiger partial charge is 0.140 e. The molecule has 0 bridgehead atoms. The molecule has 0 aliphatic rings. The predicted molar refractivity (Wildman–Crippen MR) is 73.3 cm³/mol. The van der Waals surface area contributed by atoms with Crippen molar-refractivity contribution in [2.75, 3.05) is 0 Å². The highest BCUT2D eigenvalue weighted by Crippen LogP contribution is 2.28. The van der Waals surface area contributed by atoms with Crippen molar-refractivity contribution in [2.45, 2.75) is 0 Å². The average molecular weight is 251 g/mol. The molecule has 92 valence electrons. The highest BCUT2D eigenvalue weighted by molar-refractivity contribution is 5.94. The van der Waals surface area contributed by atoms with Crippen molar-refractivity contribution >= 4 is 21.9 Å². The number of aromatic amines is 2. The maximum absolute atomic E-state index is 13.7. The van der Waals surface area contributed by atoms with Crippen LogP contribution in [-0.4, -0.2) is 15.0 Å². The first-order valence-corrected chi connectivity index (χ1v) is 6.03. The van der Waals surface area contributed by atoms with Gasteiger partial charge in [-0.25, -0.2) is 9.37 Å². The minimum absolute atomic E-state index is 0.226. The molecule has 0 unspecified atom stereocenters. The Hall–Kier alpha value is -2.62. The molecule has 4 rings (SSSR count). The van der Waals surface area contributed by atoms with Crippen LogP contribution < -0.4 is 0 Å². The second-order valence-corrected chi connectivity index (χ2v) is 4.46. The number of hydrogen-bond donors (Lipinski definition) is 2. The SMILES string of the molecule is Fc1ccc(-c2nc3ccccc3[nH]2)c2[nH]ccc12. The Morgan fingerprint density at radius 1 is 1.00 bits per heavy atom. The fourth-order valence-electron chi connectivity index (χ4n) is 2.40. The maximum Gasteiger partial charge on any atom is 0.140 e. The van der Waals surface area contributed by atoms with Gasteiger partial charge in [-0.2, -0.15) is 0 Å².